The summed E-state index contributed by atoms with van der Waals surface area (Å²) in [5, 5.41) is 16.6. The van der Waals surface area contributed by atoms with E-state index in [-0.39, 0.29) is 6.10 Å². The van der Waals surface area contributed by atoms with Crippen molar-refractivity contribution in [2.45, 2.75) is 12.5 Å². The Balaban J connectivity index is 1.26. The molecule has 9 nitrogen and oxygen atoms in total. The molecule has 0 aliphatic carbocycles. The van der Waals surface area contributed by atoms with Gasteiger partial charge < -0.3 is 30.3 Å². The van der Waals surface area contributed by atoms with Crippen LogP contribution in [0.3, 0.4) is 0 Å². The number of ether oxygens (including phenoxy) is 1. The zero-order chi connectivity index (χ0) is 21.5. The number of aliphatic hydroxyl groups is 1. The van der Waals surface area contributed by atoms with Crippen molar-refractivity contribution in [3.05, 3.63) is 48.3 Å². The molecule has 32 heavy (non-hydrogen) atoms. The van der Waals surface area contributed by atoms with Crippen LogP contribution in [0.5, 0.6) is 5.88 Å². The van der Waals surface area contributed by atoms with E-state index in [2.05, 4.69) is 42.5 Å². The van der Waals surface area contributed by atoms with Gasteiger partial charge in [-0.3, -0.25) is 4.99 Å². The van der Waals surface area contributed by atoms with Crippen LogP contribution in [0.2, 0.25) is 0 Å². The summed E-state index contributed by atoms with van der Waals surface area (Å²) in [5.74, 6) is 2.21. The number of hydrogen-bond acceptors (Lipinski definition) is 9. The molecule has 9 heteroatoms. The minimum atomic E-state index is -0.235. The van der Waals surface area contributed by atoms with E-state index in [1.165, 1.54) is 0 Å². The average molecular weight is 432 g/mol. The fraction of sp³-hybridized carbons (Fsp3) is 0.348. The second kappa shape index (κ2) is 7.83. The molecule has 1 aromatic carbocycles. The quantitative estimate of drug-likeness (QED) is 0.684. The van der Waals surface area contributed by atoms with Crippen LogP contribution in [0.4, 0.5) is 17.1 Å². The number of nitrogens with one attached hydrogen (secondary N) is 2. The molecule has 0 saturated carbocycles. The first-order valence-electron chi connectivity index (χ1n) is 11.0. The van der Waals surface area contributed by atoms with Gasteiger partial charge in [0.15, 0.2) is 11.7 Å². The molecule has 0 bridgehead atoms. The lowest BCUT2D eigenvalue weighted by atomic mass is 10.1. The second-order valence-corrected chi connectivity index (χ2v) is 8.29. The van der Waals surface area contributed by atoms with Crippen LogP contribution >= 0.6 is 0 Å². The summed E-state index contributed by atoms with van der Waals surface area (Å²) < 4.78 is 5.60. The Morgan fingerprint density at radius 1 is 1.19 bits per heavy atom. The average Bonchev–Trinajstić information content (AvgIpc) is 3.48. The summed E-state index contributed by atoms with van der Waals surface area (Å²) in [6.07, 6.45) is 4.42. The monoisotopic (exact) mass is 431 g/mol. The number of benzene rings is 1. The minimum Gasteiger partial charge on any atom is -0.474 e. The maximum atomic E-state index is 9.79. The van der Waals surface area contributed by atoms with Gasteiger partial charge in [0.1, 0.15) is 6.61 Å². The van der Waals surface area contributed by atoms with Gasteiger partial charge in [0.05, 0.1) is 24.0 Å². The fourth-order valence-corrected chi connectivity index (χ4v) is 4.40. The number of nitrogens with zero attached hydrogens (tertiary/aromatic N) is 5. The molecule has 4 aliphatic heterocycles. The number of pyridine rings is 1. The van der Waals surface area contributed by atoms with Crippen LogP contribution in [0.1, 0.15) is 12.0 Å². The molecule has 0 radical (unpaired) electrons. The Morgan fingerprint density at radius 3 is 2.94 bits per heavy atom. The molecule has 2 aromatic rings. The van der Waals surface area contributed by atoms with Crippen LogP contribution in [-0.2, 0) is 0 Å². The van der Waals surface area contributed by atoms with Gasteiger partial charge in [0.25, 0.3) is 0 Å². The van der Waals surface area contributed by atoms with Crippen molar-refractivity contribution >= 4 is 34.4 Å². The van der Waals surface area contributed by atoms with Crippen LogP contribution < -0.4 is 20.3 Å². The van der Waals surface area contributed by atoms with E-state index in [9.17, 15) is 5.11 Å². The predicted molar refractivity (Wildman–Crippen MR) is 126 cm³/mol. The van der Waals surface area contributed by atoms with E-state index in [1.807, 2.05) is 24.4 Å². The lowest BCUT2D eigenvalue weighted by Gasteiger charge is -2.25. The topological polar surface area (TPSA) is 97.6 Å². The van der Waals surface area contributed by atoms with E-state index in [0.717, 1.165) is 72.6 Å². The number of fused-ring (bicyclic) bond motifs is 2. The molecule has 1 aromatic heterocycles. The van der Waals surface area contributed by atoms with Crippen LogP contribution in [0.15, 0.2) is 52.7 Å². The van der Waals surface area contributed by atoms with Crippen molar-refractivity contribution in [3.63, 3.8) is 0 Å². The first-order chi connectivity index (χ1) is 15.7. The third kappa shape index (κ3) is 3.54. The molecule has 5 heterocycles. The minimum absolute atomic E-state index is 0.235. The Hall–Kier alpha value is -3.59. The Morgan fingerprint density at radius 2 is 2.09 bits per heavy atom. The molecule has 0 spiro atoms. The van der Waals surface area contributed by atoms with Crippen molar-refractivity contribution in [2.75, 3.05) is 54.9 Å². The number of aromatic nitrogens is 1. The molecule has 0 unspecified atom stereocenters. The number of amidine groups is 2. The van der Waals surface area contributed by atoms with Gasteiger partial charge in [-0.25, -0.2) is 9.98 Å². The van der Waals surface area contributed by atoms with Crippen LogP contribution in [0, 0.1) is 0 Å². The largest absolute Gasteiger partial charge is 0.474 e. The van der Waals surface area contributed by atoms with Gasteiger partial charge in [0, 0.05) is 55.5 Å². The lowest BCUT2D eigenvalue weighted by molar-refractivity contribution is 0.198. The lowest BCUT2D eigenvalue weighted by Crippen LogP contribution is -2.36. The van der Waals surface area contributed by atoms with E-state index in [4.69, 9.17) is 9.73 Å². The van der Waals surface area contributed by atoms with Gasteiger partial charge in [-0.1, -0.05) is 0 Å². The molecule has 1 saturated heterocycles. The summed E-state index contributed by atoms with van der Waals surface area (Å²) in [5.41, 5.74) is 4.71. The molecule has 6 rings (SSSR count). The van der Waals surface area contributed by atoms with Crippen molar-refractivity contribution in [1.82, 2.24) is 9.88 Å². The standard InChI is InChI=1S/C23H25N7O2/c31-18-5-8-29(13-18)17-3-1-16(2-4-17)27-21-22-25-6-9-30(22)14-20(28-21)15-11-19-23(26-12-15)32-10-7-24-19/h1-4,11-12,14,18,24,31H,5-10,13H2,(H,27,28)/t18-/m0/s1. The predicted octanol–water partition coefficient (Wildman–Crippen LogP) is 1.99. The van der Waals surface area contributed by atoms with Crippen LogP contribution in [-0.4, -0.2) is 72.1 Å². The number of aliphatic hydroxyl groups excluding tert-OH is 1. The SMILES string of the molecule is O[C@H]1CCN(c2ccc(NC3=NC(c4cnc5c(c4)NCCO5)=CN4CCN=C34)cc2)C1. The maximum absolute atomic E-state index is 9.79. The summed E-state index contributed by atoms with van der Waals surface area (Å²) in [6, 6.07) is 10.3. The van der Waals surface area contributed by atoms with Crippen molar-refractivity contribution in [2.24, 2.45) is 9.98 Å². The van der Waals surface area contributed by atoms with E-state index in [1.54, 1.807) is 6.20 Å². The Labute approximate surface area is 186 Å². The molecule has 1 atom stereocenters. The third-order valence-electron chi connectivity index (χ3n) is 6.06. The second-order valence-electron chi connectivity index (χ2n) is 8.29. The highest BCUT2D eigenvalue weighted by atomic mass is 16.5. The molecule has 3 N–H and O–H groups in total. The van der Waals surface area contributed by atoms with Gasteiger partial charge in [-0.2, -0.15) is 0 Å². The van der Waals surface area contributed by atoms with E-state index < -0.39 is 0 Å². The number of hydrogen-bond donors (Lipinski definition) is 3. The molecule has 0 amide bonds. The molecular weight excluding hydrogens is 406 g/mol. The van der Waals surface area contributed by atoms with Gasteiger partial charge in [-0.05, 0) is 36.8 Å². The Bertz CT molecular complexity index is 1130. The number of β-amino-alcohol motifs (C(OH)–C–C–N with tert-alkyl or cyclic N) is 1. The first kappa shape index (κ1) is 19.1. The van der Waals surface area contributed by atoms with Crippen LogP contribution in [0.25, 0.3) is 5.70 Å². The van der Waals surface area contributed by atoms with E-state index >= 15 is 0 Å². The van der Waals surface area contributed by atoms with Crippen molar-refractivity contribution in [1.29, 1.82) is 0 Å². The highest BCUT2D eigenvalue weighted by Crippen LogP contribution is 2.31. The molecule has 4 aliphatic rings. The highest BCUT2D eigenvalue weighted by molar-refractivity contribution is 6.46. The smallest absolute Gasteiger partial charge is 0.237 e. The number of rotatable bonds is 3. The fourth-order valence-electron chi connectivity index (χ4n) is 4.40. The molecule has 1 fully saturated rings. The maximum Gasteiger partial charge on any atom is 0.237 e. The van der Waals surface area contributed by atoms with E-state index in [0.29, 0.717) is 19.0 Å². The summed E-state index contributed by atoms with van der Waals surface area (Å²) in [6.45, 7) is 4.54. The van der Waals surface area contributed by atoms with Crippen molar-refractivity contribution in [3.8, 4) is 5.88 Å². The normalized spacial score (nSPS) is 21.7. The zero-order valence-corrected chi connectivity index (χ0v) is 17.7. The number of anilines is 3. The zero-order valence-electron chi connectivity index (χ0n) is 17.7. The Kier molecular flexibility index (Phi) is 4.68. The third-order valence-corrected chi connectivity index (χ3v) is 6.06. The summed E-state index contributed by atoms with van der Waals surface area (Å²) in [7, 11) is 0. The first-order valence-corrected chi connectivity index (χ1v) is 11.0. The summed E-state index contributed by atoms with van der Waals surface area (Å²) >= 11 is 0. The van der Waals surface area contributed by atoms with Crippen molar-refractivity contribution < 1.29 is 9.84 Å². The molecule has 164 valence electrons. The highest BCUT2D eigenvalue weighted by Gasteiger charge is 2.27. The van der Waals surface area contributed by atoms with Gasteiger partial charge in [0.2, 0.25) is 5.88 Å². The van der Waals surface area contributed by atoms with Gasteiger partial charge >= 0.3 is 0 Å². The summed E-state index contributed by atoms with van der Waals surface area (Å²) in [4.78, 5) is 18.3. The molecular formula is C23H25N7O2. The van der Waals surface area contributed by atoms with Gasteiger partial charge in [-0.15, -0.1) is 0 Å². The number of aliphatic imine (C=N–C) groups is 2.